The van der Waals surface area contributed by atoms with Crippen molar-refractivity contribution in [2.75, 3.05) is 18.6 Å². The number of fused-ring (bicyclic) bond motifs is 1. The first-order valence-electron chi connectivity index (χ1n) is 8.24. The van der Waals surface area contributed by atoms with E-state index in [0.717, 1.165) is 31.6 Å². The van der Waals surface area contributed by atoms with Crippen molar-refractivity contribution in [3.63, 3.8) is 0 Å². The van der Waals surface area contributed by atoms with E-state index in [-0.39, 0.29) is 0 Å². The molecule has 1 aromatic rings. The Bertz CT molecular complexity index is 506. The quantitative estimate of drug-likeness (QED) is 0.778. The predicted octanol–water partition coefficient (Wildman–Crippen LogP) is 4.12. The minimum Gasteiger partial charge on any atom is -0.378 e. The molecular weight excluding hydrogens is 260 g/mol. The van der Waals surface area contributed by atoms with Gasteiger partial charge in [-0.25, -0.2) is 0 Å². The molecule has 2 aliphatic heterocycles. The Balaban J connectivity index is 1.65. The molecule has 3 heteroatoms. The SMILES string of the molecule is CC1CCc2c(/N=C/CCC3CCCO3)cccc2N1C. The molecule has 0 bridgehead atoms. The van der Waals surface area contributed by atoms with E-state index in [1.165, 1.54) is 30.5 Å². The van der Waals surface area contributed by atoms with Gasteiger partial charge >= 0.3 is 0 Å². The Morgan fingerprint density at radius 2 is 2.29 bits per heavy atom. The summed E-state index contributed by atoms with van der Waals surface area (Å²) in [5.74, 6) is 0. The van der Waals surface area contributed by atoms with Gasteiger partial charge in [-0.3, -0.25) is 4.99 Å². The highest BCUT2D eigenvalue weighted by Crippen LogP contribution is 2.35. The number of benzene rings is 1. The van der Waals surface area contributed by atoms with Gasteiger partial charge in [0.1, 0.15) is 0 Å². The van der Waals surface area contributed by atoms with Crippen molar-refractivity contribution in [2.45, 2.75) is 57.6 Å². The maximum Gasteiger partial charge on any atom is 0.0678 e. The Hall–Kier alpha value is -1.35. The van der Waals surface area contributed by atoms with Crippen LogP contribution in [0.15, 0.2) is 23.2 Å². The number of ether oxygens (including phenoxy) is 1. The van der Waals surface area contributed by atoms with Crippen molar-refractivity contribution in [2.24, 2.45) is 4.99 Å². The second-order valence-corrected chi connectivity index (χ2v) is 6.30. The van der Waals surface area contributed by atoms with Gasteiger partial charge in [0.2, 0.25) is 0 Å². The molecular formula is C18H26N2O. The zero-order valence-corrected chi connectivity index (χ0v) is 13.2. The van der Waals surface area contributed by atoms with E-state index in [4.69, 9.17) is 9.73 Å². The van der Waals surface area contributed by atoms with E-state index in [1.807, 2.05) is 0 Å². The molecule has 0 N–H and O–H groups in total. The topological polar surface area (TPSA) is 24.8 Å². The van der Waals surface area contributed by atoms with E-state index in [9.17, 15) is 0 Å². The van der Waals surface area contributed by atoms with Gasteiger partial charge in [-0.1, -0.05) is 6.07 Å². The Morgan fingerprint density at radius 1 is 1.38 bits per heavy atom. The lowest BCUT2D eigenvalue weighted by molar-refractivity contribution is 0.106. The third kappa shape index (κ3) is 3.29. The lowest BCUT2D eigenvalue weighted by Gasteiger charge is -2.34. The monoisotopic (exact) mass is 286 g/mol. The second-order valence-electron chi connectivity index (χ2n) is 6.30. The number of aliphatic imine (C=N–C) groups is 1. The smallest absolute Gasteiger partial charge is 0.0678 e. The second kappa shape index (κ2) is 6.61. The summed E-state index contributed by atoms with van der Waals surface area (Å²) in [6.45, 7) is 3.24. The molecule has 1 saturated heterocycles. The van der Waals surface area contributed by atoms with E-state index in [2.05, 4.69) is 43.3 Å². The molecule has 0 radical (unpaired) electrons. The molecule has 21 heavy (non-hydrogen) atoms. The molecule has 2 aliphatic rings. The van der Waals surface area contributed by atoms with Crippen LogP contribution in [-0.4, -0.2) is 32.0 Å². The van der Waals surface area contributed by atoms with Crippen LogP contribution in [0.1, 0.15) is 44.6 Å². The summed E-state index contributed by atoms with van der Waals surface area (Å²) in [5.41, 5.74) is 3.91. The van der Waals surface area contributed by atoms with Crippen molar-refractivity contribution >= 4 is 17.6 Å². The first-order chi connectivity index (χ1) is 10.3. The number of hydrogen-bond donors (Lipinski definition) is 0. The number of nitrogens with zero attached hydrogens (tertiary/aromatic N) is 2. The number of hydrogen-bond acceptors (Lipinski definition) is 3. The van der Waals surface area contributed by atoms with E-state index in [0.29, 0.717) is 12.1 Å². The fraction of sp³-hybridized carbons (Fsp3) is 0.611. The fourth-order valence-corrected chi connectivity index (χ4v) is 3.35. The summed E-state index contributed by atoms with van der Waals surface area (Å²) < 4.78 is 5.65. The van der Waals surface area contributed by atoms with E-state index < -0.39 is 0 Å². The molecule has 114 valence electrons. The first kappa shape index (κ1) is 14.6. The number of anilines is 1. The Labute approximate surface area is 128 Å². The van der Waals surface area contributed by atoms with Crippen LogP contribution in [0.3, 0.4) is 0 Å². The maximum absolute atomic E-state index is 5.65. The summed E-state index contributed by atoms with van der Waals surface area (Å²) in [6.07, 6.45) is 9.46. The van der Waals surface area contributed by atoms with Crippen molar-refractivity contribution in [1.82, 2.24) is 0 Å². The summed E-state index contributed by atoms with van der Waals surface area (Å²) in [5, 5.41) is 0. The van der Waals surface area contributed by atoms with Crippen LogP contribution in [0.2, 0.25) is 0 Å². The van der Waals surface area contributed by atoms with Crippen molar-refractivity contribution < 1.29 is 4.74 Å². The van der Waals surface area contributed by atoms with Crippen LogP contribution in [-0.2, 0) is 11.2 Å². The van der Waals surface area contributed by atoms with Crippen molar-refractivity contribution in [3.8, 4) is 0 Å². The lowest BCUT2D eigenvalue weighted by atomic mass is 9.96. The molecule has 0 saturated carbocycles. The van der Waals surface area contributed by atoms with E-state index in [1.54, 1.807) is 0 Å². The normalized spacial score (nSPS) is 25.5. The Kier molecular flexibility index (Phi) is 4.59. The largest absolute Gasteiger partial charge is 0.378 e. The van der Waals surface area contributed by atoms with Gasteiger partial charge in [-0.2, -0.15) is 0 Å². The minimum absolute atomic E-state index is 0.466. The molecule has 1 fully saturated rings. The third-order valence-electron chi connectivity index (χ3n) is 4.85. The van der Waals surface area contributed by atoms with Gasteiger partial charge in [0.15, 0.2) is 0 Å². The number of rotatable bonds is 4. The van der Waals surface area contributed by atoms with Crippen LogP contribution in [0, 0.1) is 0 Å². The highest BCUT2D eigenvalue weighted by atomic mass is 16.5. The summed E-state index contributed by atoms with van der Waals surface area (Å²) in [6, 6.07) is 7.11. The standard InChI is InChI=1S/C18H26N2O/c1-14-10-11-16-17(8-3-9-18(16)20(14)2)19-12-4-6-15-7-5-13-21-15/h3,8-9,12,14-15H,4-7,10-11,13H2,1-2H3/b19-12+. The first-order valence-corrected chi connectivity index (χ1v) is 8.24. The summed E-state index contributed by atoms with van der Waals surface area (Å²) >= 11 is 0. The van der Waals surface area contributed by atoms with Gasteiger partial charge in [-0.05, 0) is 57.6 Å². The zero-order chi connectivity index (χ0) is 14.7. The Morgan fingerprint density at radius 3 is 3.10 bits per heavy atom. The maximum atomic E-state index is 5.65. The highest BCUT2D eigenvalue weighted by molar-refractivity contribution is 5.71. The molecule has 2 heterocycles. The summed E-state index contributed by atoms with van der Waals surface area (Å²) in [7, 11) is 2.19. The molecule has 2 unspecified atom stereocenters. The van der Waals surface area contributed by atoms with Crippen molar-refractivity contribution in [3.05, 3.63) is 23.8 Å². The van der Waals surface area contributed by atoms with Gasteiger partial charge in [0.25, 0.3) is 0 Å². The van der Waals surface area contributed by atoms with E-state index >= 15 is 0 Å². The van der Waals surface area contributed by atoms with Gasteiger partial charge in [0, 0.05) is 37.2 Å². The zero-order valence-electron chi connectivity index (χ0n) is 13.2. The van der Waals surface area contributed by atoms with Gasteiger partial charge in [-0.15, -0.1) is 0 Å². The van der Waals surface area contributed by atoms with Crippen LogP contribution in [0.4, 0.5) is 11.4 Å². The summed E-state index contributed by atoms with van der Waals surface area (Å²) in [4.78, 5) is 7.11. The minimum atomic E-state index is 0.466. The molecule has 0 aliphatic carbocycles. The average Bonchev–Trinajstić information content (AvgIpc) is 3.01. The molecule has 0 amide bonds. The third-order valence-corrected chi connectivity index (χ3v) is 4.85. The van der Waals surface area contributed by atoms with Crippen LogP contribution >= 0.6 is 0 Å². The molecule has 1 aromatic carbocycles. The molecule has 0 aromatic heterocycles. The fourth-order valence-electron chi connectivity index (χ4n) is 3.35. The van der Waals surface area contributed by atoms with Gasteiger partial charge in [0.05, 0.1) is 11.8 Å². The predicted molar refractivity (Wildman–Crippen MR) is 89.0 cm³/mol. The average molecular weight is 286 g/mol. The molecule has 3 rings (SSSR count). The van der Waals surface area contributed by atoms with Crippen LogP contribution in [0.5, 0.6) is 0 Å². The molecule has 2 atom stereocenters. The molecule has 3 nitrogen and oxygen atoms in total. The molecule has 0 spiro atoms. The van der Waals surface area contributed by atoms with Gasteiger partial charge < -0.3 is 9.64 Å². The van der Waals surface area contributed by atoms with Crippen molar-refractivity contribution in [1.29, 1.82) is 0 Å². The highest BCUT2D eigenvalue weighted by Gasteiger charge is 2.21. The van der Waals surface area contributed by atoms with Crippen LogP contribution in [0.25, 0.3) is 0 Å². The van der Waals surface area contributed by atoms with Crippen LogP contribution < -0.4 is 4.90 Å². The lowest BCUT2D eigenvalue weighted by Crippen LogP contribution is -2.33.